The molecule has 24 heavy (non-hydrogen) atoms. The van der Waals surface area contributed by atoms with E-state index in [1.165, 1.54) is 0 Å². The molecule has 1 amide bonds. The Morgan fingerprint density at radius 3 is 2.46 bits per heavy atom. The zero-order valence-corrected chi connectivity index (χ0v) is 15.2. The SMILES string of the molecule is COCC(C)NC(=O)Cc1c(C)nn(-c2nc(C)cc(C)n2)c1C. The molecule has 0 saturated heterocycles. The highest BCUT2D eigenvalue weighted by Crippen LogP contribution is 2.17. The summed E-state index contributed by atoms with van der Waals surface area (Å²) in [6, 6.07) is 1.89. The minimum Gasteiger partial charge on any atom is -0.383 e. The van der Waals surface area contributed by atoms with Crippen molar-refractivity contribution in [2.75, 3.05) is 13.7 Å². The van der Waals surface area contributed by atoms with E-state index in [9.17, 15) is 4.79 Å². The molecule has 7 heteroatoms. The van der Waals surface area contributed by atoms with Gasteiger partial charge in [-0.2, -0.15) is 5.10 Å². The van der Waals surface area contributed by atoms with Crippen molar-refractivity contribution in [1.29, 1.82) is 0 Å². The maximum absolute atomic E-state index is 12.2. The first-order valence-corrected chi connectivity index (χ1v) is 7.98. The van der Waals surface area contributed by atoms with Gasteiger partial charge in [-0.1, -0.05) is 0 Å². The van der Waals surface area contributed by atoms with E-state index < -0.39 is 0 Å². The summed E-state index contributed by atoms with van der Waals surface area (Å²) in [5.74, 6) is 0.485. The molecule has 0 spiro atoms. The van der Waals surface area contributed by atoms with E-state index in [4.69, 9.17) is 4.74 Å². The molecule has 2 rings (SSSR count). The van der Waals surface area contributed by atoms with Gasteiger partial charge in [-0.3, -0.25) is 4.79 Å². The van der Waals surface area contributed by atoms with Crippen molar-refractivity contribution >= 4 is 5.91 Å². The van der Waals surface area contributed by atoms with E-state index in [0.717, 1.165) is 28.3 Å². The van der Waals surface area contributed by atoms with Crippen LogP contribution in [0.25, 0.3) is 5.95 Å². The number of aromatic nitrogens is 4. The molecule has 0 aromatic carbocycles. The topological polar surface area (TPSA) is 81.9 Å². The fourth-order valence-electron chi connectivity index (χ4n) is 2.71. The number of carbonyl (C=O) groups excluding carboxylic acids is 1. The standard InChI is InChI=1S/C17H25N5O2/c1-10-7-11(2)20-17(19-10)22-14(5)15(13(4)21-22)8-16(23)18-12(3)9-24-6/h7,12H,8-9H2,1-6H3,(H,18,23). The van der Waals surface area contributed by atoms with Gasteiger partial charge in [0.15, 0.2) is 0 Å². The number of amides is 1. The molecule has 2 aromatic heterocycles. The summed E-state index contributed by atoms with van der Waals surface area (Å²) < 4.78 is 6.74. The molecule has 0 aliphatic rings. The molecule has 1 N–H and O–H groups in total. The number of hydrogen-bond donors (Lipinski definition) is 1. The molecule has 0 aliphatic heterocycles. The lowest BCUT2D eigenvalue weighted by molar-refractivity contribution is -0.121. The lowest BCUT2D eigenvalue weighted by Gasteiger charge is -2.12. The molecule has 1 unspecified atom stereocenters. The van der Waals surface area contributed by atoms with Crippen LogP contribution in [0.5, 0.6) is 0 Å². The Labute approximate surface area is 142 Å². The molecule has 0 bridgehead atoms. The molecule has 0 saturated carbocycles. The third kappa shape index (κ3) is 4.17. The van der Waals surface area contributed by atoms with Crippen LogP contribution in [0.3, 0.4) is 0 Å². The quantitative estimate of drug-likeness (QED) is 0.869. The van der Waals surface area contributed by atoms with Crippen molar-refractivity contribution in [3.05, 3.63) is 34.4 Å². The van der Waals surface area contributed by atoms with Gasteiger partial charge in [0.05, 0.1) is 18.7 Å². The second-order valence-electron chi connectivity index (χ2n) is 6.11. The lowest BCUT2D eigenvalue weighted by atomic mass is 10.1. The minimum atomic E-state index is -0.0494. The van der Waals surface area contributed by atoms with Crippen LogP contribution < -0.4 is 5.32 Å². The second-order valence-corrected chi connectivity index (χ2v) is 6.11. The van der Waals surface area contributed by atoms with Gasteiger partial charge in [-0.25, -0.2) is 14.6 Å². The van der Waals surface area contributed by atoms with E-state index in [0.29, 0.717) is 12.6 Å². The molecule has 0 fully saturated rings. The van der Waals surface area contributed by atoms with Crippen LogP contribution in [-0.2, 0) is 16.0 Å². The van der Waals surface area contributed by atoms with E-state index in [1.807, 2.05) is 40.7 Å². The summed E-state index contributed by atoms with van der Waals surface area (Å²) in [6.45, 7) is 10.1. The number of nitrogens with zero attached hydrogens (tertiary/aromatic N) is 4. The Balaban J connectivity index is 2.24. The van der Waals surface area contributed by atoms with Crippen molar-refractivity contribution in [3.63, 3.8) is 0 Å². The van der Waals surface area contributed by atoms with Crippen LogP contribution in [-0.4, -0.2) is 45.4 Å². The maximum atomic E-state index is 12.2. The molecule has 7 nitrogen and oxygen atoms in total. The first-order valence-electron chi connectivity index (χ1n) is 7.98. The zero-order valence-electron chi connectivity index (χ0n) is 15.2. The van der Waals surface area contributed by atoms with Crippen LogP contribution in [0.1, 0.15) is 35.3 Å². The summed E-state index contributed by atoms with van der Waals surface area (Å²) >= 11 is 0. The van der Waals surface area contributed by atoms with Gasteiger partial charge in [0.25, 0.3) is 5.95 Å². The first-order chi connectivity index (χ1) is 11.3. The summed E-state index contributed by atoms with van der Waals surface area (Å²) in [5, 5.41) is 7.44. The van der Waals surface area contributed by atoms with Crippen molar-refractivity contribution in [1.82, 2.24) is 25.1 Å². The zero-order chi connectivity index (χ0) is 17.9. The molecule has 1 atom stereocenters. The van der Waals surface area contributed by atoms with Gasteiger partial charge in [0.1, 0.15) is 0 Å². The predicted molar refractivity (Wildman–Crippen MR) is 91.3 cm³/mol. The number of methoxy groups -OCH3 is 1. The summed E-state index contributed by atoms with van der Waals surface area (Å²) in [4.78, 5) is 21.1. The average molecular weight is 331 g/mol. The van der Waals surface area contributed by atoms with Gasteiger partial charge in [-0.15, -0.1) is 0 Å². The van der Waals surface area contributed by atoms with Gasteiger partial charge in [-0.05, 0) is 40.7 Å². The van der Waals surface area contributed by atoms with Crippen LogP contribution in [0, 0.1) is 27.7 Å². The Hall–Kier alpha value is -2.28. The number of carbonyl (C=O) groups is 1. The van der Waals surface area contributed by atoms with Gasteiger partial charge in [0, 0.05) is 35.8 Å². The third-order valence-electron chi connectivity index (χ3n) is 3.76. The predicted octanol–water partition coefficient (Wildman–Crippen LogP) is 1.59. The van der Waals surface area contributed by atoms with E-state index in [-0.39, 0.29) is 18.4 Å². The van der Waals surface area contributed by atoms with Crippen LogP contribution in [0.4, 0.5) is 0 Å². The number of hydrogen-bond acceptors (Lipinski definition) is 5. The summed E-state index contributed by atoms with van der Waals surface area (Å²) in [7, 11) is 1.62. The van der Waals surface area contributed by atoms with Crippen LogP contribution in [0.15, 0.2) is 6.07 Å². The Bertz CT molecular complexity index is 719. The fourth-order valence-corrected chi connectivity index (χ4v) is 2.71. The highest BCUT2D eigenvalue weighted by Gasteiger charge is 2.18. The second kappa shape index (κ2) is 7.53. The number of nitrogens with one attached hydrogen (secondary N) is 1. The normalized spacial score (nSPS) is 12.2. The Kier molecular flexibility index (Phi) is 5.66. The number of ether oxygens (including phenoxy) is 1. The first kappa shape index (κ1) is 18.1. The van der Waals surface area contributed by atoms with E-state index in [1.54, 1.807) is 11.8 Å². The van der Waals surface area contributed by atoms with E-state index in [2.05, 4.69) is 20.4 Å². The van der Waals surface area contributed by atoms with Crippen molar-refractivity contribution < 1.29 is 9.53 Å². The summed E-state index contributed by atoms with van der Waals surface area (Å²) in [6.07, 6.45) is 0.274. The highest BCUT2D eigenvalue weighted by molar-refractivity contribution is 5.79. The van der Waals surface area contributed by atoms with Gasteiger partial charge >= 0.3 is 0 Å². The van der Waals surface area contributed by atoms with Crippen LogP contribution in [0.2, 0.25) is 0 Å². The molecular weight excluding hydrogens is 306 g/mol. The number of rotatable bonds is 6. The maximum Gasteiger partial charge on any atom is 0.251 e. The Morgan fingerprint density at radius 2 is 1.88 bits per heavy atom. The molecule has 2 aromatic rings. The van der Waals surface area contributed by atoms with Gasteiger partial charge in [0.2, 0.25) is 5.91 Å². The fraction of sp³-hybridized carbons (Fsp3) is 0.529. The van der Waals surface area contributed by atoms with Crippen molar-refractivity contribution in [3.8, 4) is 5.95 Å². The van der Waals surface area contributed by atoms with Crippen molar-refractivity contribution in [2.45, 2.75) is 47.1 Å². The largest absolute Gasteiger partial charge is 0.383 e. The smallest absolute Gasteiger partial charge is 0.251 e. The average Bonchev–Trinajstić information content (AvgIpc) is 2.74. The van der Waals surface area contributed by atoms with Crippen LogP contribution >= 0.6 is 0 Å². The third-order valence-corrected chi connectivity index (χ3v) is 3.76. The van der Waals surface area contributed by atoms with E-state index >= 15 is 0 Å². The molecule has 0 radical (unpaired) electrons. The van der Waals surface area contributed by atoms with Gasteiger partial charge < -0.3 is 10.1 Å². The Morgan fingerprint density at radius 1 is 1.25 bits per heavy atom. The van der Waals surface area contributed by atoms with Crippen molar-refractivity contribution in [2.24, 2.45) is 0 Å². The molecule has 0 aliphatic carbocycles. The highest BCUT2D eigenvalue weighted by atomic mass is 16.5. The number of aryl methyl sites for hydroxylation is 3. The lowest BCUT2D eigenvalue weighted by Crippen LogP contribution is -2.36. The monoisotopic (exact) mass is 331 g/mol. The molecular formula is C17H25N5O2. The molecule has 2 heterocycles. The summed E-state index contributed by atoms with van der Waals surface area (Å²) in [5.41, 5.74) is 4.37. The molecule has 130 valence electrons. The minimum absolute atomic E-state index is 0.0269.